The van der Waals surface area contributed by atoms with Gasteiger partial charge in [0, 0.05) is 17.1 Å². The molecule has 1 heterocycles. The minimum Gasteiger partial charge on any atom is -0.324 e. The van der Waals surface area contributed by atoms with Crippen LogP contribution in [-0.4, -0.2) is 21.3 Å². The van der Waals surface area contributed by atoms with Crippen molar-refractivity contribution in [2.24, 2.45) is 0 Å². The number of aromatic nitrogens is 2. The molecule has 0 bridgehead atoms. The summed E-state index contributed by atoms with van der Waals surface area (Å²) in [6, 6.07) is 15.3. The van der Waals surface area contributed by atoms with Gasteiger partial charge in [-0.05, 0) is 43.0 Å². The Kier molecular flexibility index (Phi) is 5.28. The molecule has 1 N–H and O–H groups in total. The molecule has 0 saturated heterocycles. The van der Waals surface area contributed by atoms with E-state index in [1.807, 2.05) is 61.7 Å². The second-order valence-corrected chi connectivity index (χ2v) is 6.67. The van der Waals surface area contributed by atoms with E-state index in [1.165, 1.54) is 0 Å². The summed E-state index contributed by atoms with van der Waals surface area (Å²) < 4.78 is 3.27. The van der Waals surface area contributed by atoms with Crippen molar-refractivity contribution < 1.29 is 4.79 Å². The summed E-state index contributed by atoms with van der Waals surface area (Å²) in [6.07, 6.45) is 2.85. The molecule has 0 aliphatic carbocycles. The Hall–Kier alpha value is -2.47. The first-order chi connectivity index (χ1) is 12.1. The summed E-state index contributed by atoms with van der Waals surface area (Å²) in [5, 5.41) is 2.88. The van der Waals surface area contributed by atoms with Crippen molar-refractivity contribution in [1.82, 2.24) is 9.13 Å². The molecule has 1 amide bonds. The zero-order valence-electron chi connectivity index (χ0n) is 14.4. The molecule has 0 radical (unpaired) electrons. The van der Waals surface area contributed by atoms with Crippen LogP contribution in [0, 0.1) is 0 Å². The summed E-state index contributed by atoms with van der Waals surface area (Å²) in [6.45, 7) is 2.67. The van der Waals surface area contributed by atoms with E-state index >= 15 is 0 Å². The van der Waals surface area contributed by atoms with E-state index < -0.39 is 0 Å². The topological polar surface area (TPSA) is 56.0 Å². The smallest absolute Gasteiger partial charge is 0.324 e. The van der Waals surface area contributed by atoms with E-state index in [2.05, 4.69) is 5.32 Å². The third kappa shape index (κ3) is 3.64. The molecule has 3 aromatic rings. The fraction of sp³-hybridized carbons (Fsp3) is 0.263. The zero-order valence-corrected chi connectivity index (χ0v) is 15.2. The summed E-state index contributed by atoms with van der Waals surface area (Å²) in [5.74, 6) is -0.209. The highest BCUT2D eigenvalue weighted by Crippen LogP contribution is 2.19. The SMILES string of the molecule is CCCn1c(=O)n(CC(=O)Nc2cccc(SC)c2)c2ccccc21. The monoisotopic (exact) mass is 355 g/mol. The molecule has 25 heavy (non-hydrogen) atoms. The molecule has 0 aliphatic rings. The first-order valence-corrected chi connectivity index (χ1v) is 9.48. The molecule has 130 valence electrons. The van der Waals surface area contributed by atoms with E-state index in [0.29, 0.717) is 6.54 Å². The fourth-order valence-corrected chi connectivity index (χ4v) is 3.37. The zero-order chi connectivity index (χ0) is 17.8. The highest BCUT2D eigenvalue weighted by Gasteiger charge is 2.15. The van der Waals surface area contributed by atoms with Gasteiger partial charge >= 0.3 is 5.69 Å². The first-order valence-electron chi connectivity index (χ1n) is 8.26. The molecule has 0 unspecified atom stereocenters. The quantitative estimate of drug-likeness (QED) is 0.688. The lowest BCUT2D eigenvalue weighted by atomic mass is 10.3. The molecule has 0 aliphatic heterocycles. The minimum atomic E-state index is -0.209. The van der Waals surface area contributed by atoms with Crippen LogP contribution in [0.5, 0.6) is 0 Å². The number of anilines is 1. The molecule has 1 aromatic heterocycles. The van der Waals surface area contributed by atoms with Gasteiger partial charge in [-0.15, -0.1) is 11.8 Å². The average Bonchev–Trinajstić information content (AvgIpc) is 2.88. The molecule has 0 fully saturated rings. The number of nitrogens with one attached hydrogen (secondary N) is 1. The molecule has 6 heteroatoms. The van der Waals surface area contributed by atoms with Crippen LogP contribution in [-0.2, 0) is 17.9 Å². The standard InChI is InChI=1S/C19H21N3O2S/c1-3-11-21-16-9-4-5-10-17(16)22(19(21)24)13-18(23)20-14-7-6-8-15(12-14)25-2/h4-10,12H,3,11,13H2,1-2H3,(H,20,23). The Morgan fingerprint density at radius 3 is 2.48 bits per heavy atom. The molecule has 0 saturated carbocycles. The van der Waals surface area contributed by atoms with Gasteiger partial charge in [-0.3, -0.25) is 13.9 Å². The summed E-state index contributed by atoms with van der Waals surface area (Å²) in [4.78, 5) is 26.2. The van der Waals surface area contributed by atoms with Crippen LogP contribution in [0.3, 0.4) is 0 Å². The van der Waals surface area contributed by atoms with Gasteiger partial charge in [0.05, 0.1) is 11.0 Å². The van der Waals surface area contributed by atoms with Crippen molar-refractivity contribution >= 4 is 34.4 Å². The number of hydrogen-bond acceptors (Lipinski definition) is 3. The Morgan fingerprint density at radius 2 is 1.80 bits per heavy atom. The predicted octanol–water partition coefficient (Wildman–Crippen LogP) is 3.57. The number of thioether (sulfide) groups is 1. The van der Waals surface area contributed by atoms with Crippen molar-refractivity contribution in [3.8, 4) is 0 Å². The second-order valence-electron chi connectivity index (χ2n) is 5.79. The first kappa shape index (κ1) is 17.4. The molecular formula is C19H21N3O2S. The number of carbonyl (C=O) groups excluding carboxylic acids is 1. The number of carbonyl (C=O) groups is 1. The maximum atomic E-state index is 12.7. The van der Waals surface area contributed by atoms with Crippen molar-refractivity contribution in [1.29, 1.82) is 0 Å². The number of hydrogen-bond donors (Lipinski definition) is 1. The number of amides is 1. The van der Waals surface area contributed by atoms with E-state index in [1.54, 1.807) is 20.9 Å². The van der Waals surface area contributed by atoms with Crippen LogP contribution >= 0.6 is 11.8 Å². The lowest BCUT2D eigenvalue weighted by Crippen LogP contribution is -2.29. The maximum absolute atomic E-state index is 12.7. The van der Waals surface area contributed by atoms with Gasteiger partial charge in [0.1, 0.15) is 6.54 Å². The molecule has 5 nitrogen and oxygen atoms in total. The molecule has 0 atom stereocenters. The van der Waals surface area contributed by atoms with Crippen LogP contribution in [0.1, 0.15) is 13.3 Å². The van der Waals surface area contributed by atoms with Crippen LogP contribution in [0.25, 0.3) is 11.0 Å². The Labute approximate surface area is 150 Å². The molecule has 0 spiro atoms. The van der Waals surface area contributed by atoms with Crippen LogP contribution in [0.15, 0.2) is 58.2 Å². The van der Waals surface area contributed by atoms with Gasteiger partial charge in [-0.25, -0.2) is 4.79 Å². The number of rotatable bonds is 6. The second kappa shape index (κ2) is 7.61. The Bertz CT molecular complexity index is 959. The third-order valence-electron chi connectivity index (χ3n) is 4.03. The Morgan fingerprint density at radius 1 is 1.08 bits per heavy atom. The number of imidazole rings is 1. The van der Waals surface area contributed by atoms with E-state index in [-0.39, 0.29) is 18.1 Å². The molecule has 3 rings (SSSR count). The van der Waals surface area contributed by atoms with E-state index in [0.717, 1.165) is 28.0 Å². The molecular weight excluding hydrogens is 334 g/mol. The highest BCUT2D eigenvalue weighted by atomic mass is 32.2. The largest absolute Gasteiger partial charge is 0.329 e. The van der Waals surface area contributed by atoms with Gasteiger partial charge in [0.15, 0.2) is 0 Å². The Balaban J connectivity index is 1.88. The van der Waals surface area contributed by atoms with Gasteiger partial charge in [-0.2, -0.15) is 0 Å². The summed E-state index contributed by atoms with van der Waals surface area (Å²) >= 11 is 1.62. The lowest BCUT2D eigenvalue weighted by Gasteiger charge is -2.07. The van der Waals surface area contributed by atoms with Gasteiger partial charge in [0.2, 0.25) is 5.91 Å². The normalized spacial score (nSPS) is 11.0. The third-order valence-corrected chi connectivity index (χ3v) is 4.75. The number of aryl methyl sites for hydroxylation is 1. The predicted molar refractivity (Wildman–Crippen MR) is 103 cm³/mol. The number of fused-ring (bicyclic) bond motifs is 1. The van der Waals surface area contributed by atoms with Crippen molar-refractivity contribution in [2.75, 3.05) is 11.6 Å². The van der Waals surface area contributed by atoms with Crippen molar-refractivity contribution in [3.63, 3.8) is 0 Å². The number of para-hydroxylation sites is 2. The van der Waals surface area contributed by atoms with Crippen molar-refractivity contribution in [3.05, 3.63) is 59.0 Å². The number of benzene rings is 2. The van der Waals surface area contributed by atoms with Gasteiger partial charge in [-0.1, -0.05) is 25.1 Å². The van der Waals surface area contributed by atoms with Crippen LogP contribution in [0.2, 0.25) is 0 Å². The maximum Gasteiger partial charge on any atom is 0.329 e. The van der Waals surface area contributed by atoms with Crippen LogP contribution in [0.4, 0.5) is 5.69 Å². The average molecular weight is 355 g/mol. The number of nitrogens with zero attached hydrogens (tertiary/aromatic N) is 2. The molecule has 2 aromatic carbocycles. The van der Waals surface area contributed by atoms with Gasteiger partial charge in [0.25, 0.3) is 0 Å². The highest BCUT2D eigenvalue weighted by molar-refractivity contribution is 7.98. The van der Waals surface area contributed by atoms with Gasteiger partial charge < -0.3 is 5.32 Å². The van der Waals surface area contributed by atoms with Crippen molar-refractivity contribution in [2.45, 2.75) is 31.3 Å². The summed E-state index contributed by atoms with van der Waals surface area (Å²) in [7, 11) is 0. The fourth-order valence-electron chi connectivity index (χ4n) is 2.91. The van der Waals surface area contributed by atoms with E-state index in [9.17, 15) is 9.59 Å². The van der Waals surface area contributed by atoms with E-state index in [4.69, 9.17) is 0 Å². The summed E-state index contributed by atoms with van der Waals surface area (Å²) in [5.41, 5.74) is 2.25. The minimum absolute atomic E-state index is 0.000440. The lowest BCUT2D eigenvalue weighted by molar-refractivity contribution is -0.116. The van der Waals surface area contributed by atoms with Crippen LogP contribution < -0.4 is 11.0 Å².